The Morgan fingerprint density at radius 3 is 2.82 bits per heavy atom. The van der Waals surface area contributed by atoms with Gasteiger partial charge in [-0.15, -0.1) is 0 Å². The highest BCUT2D eigenvalue weighted by Gasteiger charge is 2.30. The molecule has 2 amide bonds. The number of para-hydroxylation sites is 2. The smallest absolute Gasteiger partial charge is 0.262 e. The Bertz CT molecular complexity index is 840. The molecule has 1 aliphatic heterocycles. The molecule has 0 saturated heterocycles. The van der Waals surface area contributed by atoms with Crippen molar-refractivity contribution in [1.82, 2.24) is 10.6 Å². The first-order valence-corrected chi connectivity index (χ1v) is 9.25. The van der Waals surface area contributed by atoms with Crippen LogP contribution >= 0.6 is 0 Å². The first-order valence-electron chi connectivity index (χ1n) is 9.25. The fourth-order valence-electron chi connectivity index (χ4n) is 3.05. The number of aryl methyl sites for hydroxylation is 1. The highest BCUT2D eigenvalue weighted by atomic mass is 16.5. The topological polar surface area (TPSA) is 79.9 Å². The Balaban J connectivity index is 1.53. The second-order valence-corrected chi connectivity index (χ2v) is 6.58. The van der Waals surface area contributed by atoms with E-state index >= 15 is 0 Å². The van der Waals surface area contributed by atoms with Gasteiger partial charge in [0, 0.05) is 7.05 Å². The third-order valence-corrected chi connectivity index (χ3v) is 4.42. The summed E-state index contributed by atoms with van der Waals surface area (Å²) in [6, 6.07) is 15.2. The fraction of sp³-hybridized carbons (Fsp3) is 0.333. The lowest BCUT2D eigenvalue weighted by Crippen LogP contribution is -2.50. The Labute approximate surface area is 164 Å². The zero-order valence-corrected chi connectivity index (χ0v) is 16.1. The summed E-state index contributed by atoms with van der Waals surface area (Å²) < 4.78 is 11.4. The molecular weight excluding hydrogens is 358 g/mol. The van der Waals surface area contributed by atoms with Crippen LogP contribution in [0.1, 0.15) is 5.56 Å². The van der Waals surface area contributed by atoms with Crippen molar-refractivity contribution in [3.8, 4) is 11.5 Å². The molecule has 2 N–H and O–H groups in total. The van der Waals surface area contributed by atoms with Crippen LogP contribution in [-0.2, 0) is 9.59 Å². The predicted octanol–water partition coefficient (Wildman–Crippen LogP) is 1.50. The number of amides is 2. The van der Waals surface area contributed by atoms with Crippen LogP contribution < -0.4 is 25.0 Å². The van der Waals surface area contributed by atoms with Crippen molar-refractivity contribution in [3.63, 3.8) is 0 Å². The van der Waals surface area contributed by atoms with E-state index in [0.717, 1.165) is 17.0 Å². The van der Waals surface area contributed by atoms with Crippen molar-refractivity contribution in [2.75, 3.05) is 38.2 Å². The molecule has 0 aromatic heterocycles. The summed E-state index contributed by atoms with van der Waals surface area (Å²) in [6.07, 6.45) is -0.655. The first-order chi connectivity index (χ1) is 13.6. The number of nitrogens with zero attached hydrogens (tertiary/aromatic N) is 1. The Morgan fingerprint density at radius 2 is 2.04 bits per heavy atom. The normalized spacial score (nSPS) is 15.2. The van der Waals surface area contributed by atoms with E-state index in [-0.39, 0.29) is 18.4 Å². The molecule has 1 aliphatic rings. The molecule has 2 aromatic carbocycles. The van der Waals surface area contributed by atoms with Crippen LogP contribution in [0.2, 0.25) is 0 Å². The summed E-state index contributed by atoms with van der Waals surface area (Å²) in [4.78, 5) is 26.2. The third-order valence-electron chi connectivity index (χ3n) is 4.42. The van der Waals surface area contributed by atoms with E-state index in [9.17, 15) is 9.59 Å². The second-order valence-electron chi connectivity index (χ2n) is 6.58. The minimum absolute atomic E-state index is 0.137. The minimum atomic E-state index is -0.655. The molecule has 0 saturated carbocycles. The zero-order chi connectivity index (χ0) is 19.9. The zero-order valence-electron chi connectivity index (χ0n) is 16.1. The number of carbonyl (C=O) groups is 2. The molecule has 7 heteroatoms. The maximum atomic E-state index is 12.4. The Hall–Kier alpha value is -3.22. The van der Waals surface area contributed by atoms with Crippen molar-refractivity contribution in [2.45, 2.75) is 13.0 Å². The van der Waals surface area contributed by atoms with E-state index in [0.29, 0.717) is 25.4 Å². The molecule has 28 heavy (non-hydrogen) atoms. The summed E-state index contributed by atoms with van der Waals surface area (Å²) in [5.41, 5.74) is 1.92. The van der Waals surface area contributed by atoms with Gasteiger partial charge in [0.2, 0.25) is 5.91 Å². The van der Waals surface area contributed by atoms with Crippen LogP contribution in [0.3, 0.4) is 0 Å². The largest absolute Gasteiger partial charge is 0.492 e. The minimum Gasteiger partial charge on any atom is -0.492 e. The Morgan fingerprint density at radius 1 is 1.21 bits per heavy atom. The van der Waals surface area contributed by atoms with Crippen LogP contribution in [0.15, 0.2) is 48.5 Å². The van der Waals surface area contributed by atoms with E-state index in [1.54, 1.807) is 13.1 Å². The van der Waals surface area contributed by atoms with Gasteiger partial charge in [0.1, 0.15) is 18.1 Å². The van der Waals surface area contributed by atoms with Crippen molar-refractivity contribution in [2.24, 2.45) is 0 Å². The van der Waals surface area contributed by atoms with E-state index < -0.39 is 6.10 Å². The van der Waals surface area contributed by atoms with Gasteiger partial charge in [-0.3, -0.25) is 9.59 Å². The third kappa shape index (κ3) is 4.94. The van der Waals surface area contributed by atoms with E-state index in [1.165, 1.54) is 0 Å². The summed E-state index contributed by atoms with van der Waals surface area (Å²) in [7, 11) is 1.57. The molecule has 1 heterocycles. The van der Waals surface area contributed by atoms with Crippen LogP contribution in [-0.4, -0.2) is 51.2 Å². The van der Waals surface area contributed by atoms with Crippen LogP contribution in [0, 0.1) is 6.92 Å². The van der Waals surface area contributed by atoms with Gasteiger partial charge in [-0.25, -0.2) is 0 Å². The maximum absolute atomic E-state index is 12.4. The fourth-order valence-corrected chi connectivity index (χ4v) is 3.05. The summed E-state index contributed by atoms with van der Waals surface area (Å²) in [6.45, 7) is 3.23. The van der Waals surface area contributed by atoms with Crippen molar-refractivity contribution in [3.05, 3.63) is 54.1 Å². The second kappa shape index (κ2) is 9.12. The van der Waals surface area contributed by atoms with Gasteiger partial charge in [-0.1, -0.05) is 24.3 Å². The van der Waals surface area contributed by atoms with E-state index in [2.05, 4.69) is 10.6 Å². The molecule has 0 fully saturated rings. The van der Waals surface area contributed by atoms with Gasteiger partial charge in [-0.2, -0.15) is 0 Å². The lowest BCUT2D eigenvalue weighted by atomic mass is 10.1. The van der Waals surface area contributed by atoms with Crippen LogP contribution in [0.5, 0.6) is 11.5 Å². The van der Waals surface area contributed by atoms with Gasteiger partial charge in [0.05, 0.1) is 25.3 Å². The predicted molar refractivity (Wildman–Crippen MR) is 107 cm³/mol. The molecule has 0 bridgehead atoms. The number of nitrogens with one attached hydrogen (secondary N) is 2. The van der Waals surface area contributed by atoms with Crippen LogP contribution in [0.25, 0.3) is 0 Å². The number of benzene rings is 2. The van der Waals surface area contributed by atoms with E-state index in [1.807, 2.05) is 54.3 Å². The van der Waals surface area contributed by atoms with Gasteiger partial charge in [-0.05, 0) is 36.8 Å². The molecule has 0 spiro atoms. The monoisotopic (exact) mass is 383 g/mol. The lowest BCUT2D eigenvalue weighted by Gasteiger charge is -2.34. The average molecular weight is 383 g/mol. The van der Waals surface area contributed by atoms with Gasteiger partial charge >= 0.3 is 0 Å². The number of fused-ring (bicyclic) bond motifs is 1. The molecule has 7 nitrogen and oxygen atoms in total. The number of anilines is 1. The maximum Gasteiger partial charge on any atom is 0.262 e. The van der Waals surface area contributed by atoms with Crippen molar-refractivity contribution < 1.29 is 19.1 Å². The molecule has 0 unspecified atom stereocenters. The van der Waals surface area contributed by atoms with Crippen molar-refractivity contribution in [1.29, 1.82) is 0 Å². The Kier molecular flexibility index (Phi) is 6.37. The molecule has 0 aliphatic carbocycles. The summed E-state index contributed by atoms with van der Waals surface area (Å²) in [5, 5.41) is 5.45. The highest BCUT2D eigenvalue weighted by molar-refractivity contribution is 5.86. The summed E-state index contributed by atoms with van der Waals surface area (Å²) >= 11 is 0. The lowest BCUT2D eigenvalue weighted by molar-refractivity contribution is -0.127. The number of hydrogen-bond donors (Lipinski definition) is 2. The molecule has 3 rings (SSSR count). The number of hydrogen-bond acceptors (Lipinski definition) is 5. The molecule has 2 aromatic rings. The molecular formula is C21H25N3O4. The van der Waals surface area contributed by atoms with Crippen molar-refractivity contribution >= 4 is 17.5 Å². The van der Waals surface area contributed by atoms with E-state index in [4.69, 9.17) is 9.47 Å². The van der Waals surface area contributed by atoms with Gasteiger partial charge in [0.15, 0.2) is 6.10 Å². The van der Waals surface area contributed by atoms with Crippen LogP contribution in [0.4, 0.5) is 5.69 Å². The number of likely N-dealkylation sites (N-methyl/N-ethyl adjacent to an activating group) is 1. The molecule has 1 atom stereocenters. The number of ether oxygens (including phenoxy) is 2. The quantitative estimate of drug-likeness (QED) is 0.709. The summed E-state index contributed by atoms with van der Waals surface area (Å²) in [5.74, 6) is 1.02. The highest BCUT2D eigenvalue weighted by Crippen LogP contribution is 2.32. The molecule has 148 valence electrons. The molecule has 0 radical (unpaired) electrons. The van der Waals surface area contributed by atoms with Gasteiger partial charge < -0.3 is 25.0 Å². The number of carbonyl (C=O) groups excluding carboxylic acids is 2. The first kappa shape index (κ1) is 19.5. The SMILES string of the molecule is CNC(=O)[C@H]1CN(CC(=O)NCCOc2cccc(C)c2)c2ccccc2O1. The van der Waals surface area contributed by atoms with Gasteiger partial charge in [0.25, 0.3) is 5.91 Å². The standard InChI is InChI=1S/C21H25N3O4/c1-15-6-5-7-16(12-15)27-11-10-23-20(25)14-24-13-19(21(26)22-2)28-18-9-4-3-8-17(18)24/h3-9,12,19H,10-11,13-14H2,1-2H3,(H,22,26)(H,23,25)/t19-/m1/s1. The number of rotatable bonds is 7. The average Bonchev–Trinajstić information content (AvgIpc) is 2.70.